The van der Waals surface area contributed by atoms with Crippen molar-refractivity contribution in [2.24, 2.45) is 5.41 Å². The van der Waals surface area contributed by atoms with Crippen LogP contribution in [-0.4, -0.2) is 24.7 Å². The number of ether oxygens (including phenoxy) is 1. The lowest BCUT2D eigenvalue weighted by atomic mass is 9.86. The second-order valence-electron chi connectivity index (χ2n) is 4.42. The smallest absolute Gasteiger partial charge is 0.337 e. The minimum Gasteiger partial charge on any atom is -0.465 e. The van der Waals surface area contributed by atoms with Crippen LogP contribution in [0.15, 0.2) is 24.3 Å². The fourth-order valence-electron chi connectivity index (χ4n) is 1.33. The molecule has 0 saturated carbocycles. The Morgan fingerprint density at radius 1 is 1.18 bits per heavy atom. The predicted molar refractivity (Wildman–Crippen MR) is 66.6 cm³/mol. The summed E-state index contributed by atoms with van der Waals surface area (Å²) in [6, 6.07) is 6.37. The van der Waals surface area contributed by atoms with Gasteiger partial charge in [-0.1, -0.05) is 26.0 Å². The van der Waals surface area contributed by atoms with Gasteiger partial charge in [-0.3, -0.25) is 4.79 Å². The van der Waals surface area contributed by atoms with E-state index in [9.17, 15) is 9.59 Å². The van der Waals surface area contributed by atoms with Crippen molar-refractivity contribution in [2.45, 2.75) is 13.8 Å². The van der Waals surface area contributed by atoms with E-state index >= 15 is 0 Å². The third-order valence-corrected chi connectivity index (χ3v) is 3.19. The zero-order chi connectivity index (χ0) is 13.1. The number of carbonyl (C=O) groups excluding carboxylic acids is 2. The molecule has 1 aromatic rings. The summed E-state index contributed by atoms with van der Waals surface area (Å²) < 4.78 is 4.58. The number of rotatable bonds is 4. The standard InChI is InChI=1S/C13H15ClO3/c1-13(2,8-14)11(15)9-4-6-10(7-5-9)12(16)17-3/h4-7H,8H2,1-3H3. The highest BCUT2D eigenvalue weighted by atomic mass is 35.5. The first-order valence-electron chi connectivity index (χ1n) is 5.21. The zero-order valence-electron chi connectivity index (χ0n) is 10.1. The second kappa shape index (κ2) is 5.32. The first-order valence-corrected chi connectivity index (χ1v) is 5.75. The number of alkyl halides is 1. The Kier molecular flexibility index (Phi) is 4.29. The van der Waals surface area contributed by atoms with Crippen LogP contribution in [0.4, 0.5) is 0 Å². The van der Waals surface area contributed by atoms with Crippen LogP contribution in [0.5, 0.6) is 0 Å². The number of hydrogen-bond acceptors (Lipinski definition) is 3. The lowest BCUT2D eigenvalue weighted by Crippen LogP contribution is -2.26. The Balaban J connectivity index is 2.96. The van der Waals surface area contributed by atoms with Gasteiger partial charge in [0, 0.05) is 16.9 Å². The molecule has 1 aromatic carbocycles. The summed E-state index contributed by atoms with van der Waals surface area (Å²) in [5.74, 6) is -0.200. The Bertz CT molecular complexity index is 421. The summed E-state index contributed by atoms with van der Waals surface area (Å²) in [7, 11) is 1.32. The first kappa shape index (κ1) is 13.7. The van der Waals surface area contributed by atoms with Crippen molar-refractivity contribution in [3.8, 4) is 0 Å². The third-order valence-electron chi connectivity index (χ3n) is 2.52. The average molecular weight is 255 g/mol. The highest BCUT2D eigenvalue weighted by molar-refractivity contribution is 6.21. The number of halogens is 1. The molecule has 17 heavy (non-hydrogen) atoms. The molecule has 0 aromatic heterocycles. The number of hydrogen-bond donors (Lipinski definition) is 0. The van der Waals surface area contributed by atoms with Gasteiger partial charge in [-0.25, -0.2) is 4.79 Å². The van der Waals surface area contributed by atoms with Crippen LogP contribution in [0.3, 0.4) is 0 Å². The molecule has 0 fully saturated rings. The molecule has 0 bridgehead atoms. The minimum absolute atomic E-state index is 0.0380. The average Bonchev–Trinajstić information content (AvgIpc) is 2.37. The van der Waals surface area contributed by atoms with Gasteiger partial charge < -0.3 is 4.74 Å². The third kappa shape index (κ3) is 3.07. The number of carbonyl (C=O) groups is 2. The van der Waals surface area contributed by atoms with Crippen LogP contribution < -0.4 is 0 Å². The van der Waals surface area contributed by atoms with E-state index in [1.54, 1.807) is 38.1 Å². The molecule has 0 aliphatic rings. The van der Waals surface area contributed by atoms with Gasteiger partial charge >= 0.3 is 5.97 Å². The molecule has 92 valence electrons. The molecule has 4 heteroatoms. The zero-order valence-corrected chi connectivity index (χ0v) is 10.9. The van der Waals surface area contributed by atoms with Crippen molar-refractivity contribution in [3.05, 3.63) is 35.4 Å². The molecule has 0 unspecified atom stereocenters. The van der Waals surface area contributed by atoms with E-state index in [0.717, 1.165) is 0 Å². The quantitative estimate of drug-likeness (QED) is 0.471. The topological polar surface area (TPSA) is 43.4 Å². The maximum absolute atomic E-state index is 12.0. The maximum Gasteiger partial charge on any atom is 0.337 e. The summed E-state index contributed by atoms with van der Waals surface area (Å²) in [5.41, 5.74) is 0.366. The Morgan fingerprint density at radius 2 is 1.65 bits per heavy atom. The summed E-state index contributed by atoms with van der Waals surface area (Å²) in [4.78, 5) is 23.3. The molecule has 0 heterocycles. The van der Waals surface area contributed by atoms with E-state index in [1.165, 1.54) is 7.11 Å². The van der Waals surface area contributed by atoms with Crippen molar-refractivity contribution in [1.29, 1.82) is 0 Å². The first-order chi connectivity index (χ1) is 7.92. The molecular formula is C13H15ClO3. The van der Waals surface area contributed by atoms with Crippen molar-refractivity contribution < 1.29 is 14.3 Å². The van der Waals surface area contributed by atoms with E-state index in [-0.39, 0.29) is 11.7 Å². The minimum atomic E-state index is -0.603. The Labute approximate surface area is 106 Å². The number of benzene rings is 1. The molecule has 1 rings (SSSR count). The summed E-state index contributed by atoms with van der Waals surface area (Å²) in [6.45, 7) is 3.58. The number of methoxy groups -OCH3 is 1. The molecule has 0 amide bonds. The largest absolute Gasteiger partial charge is 0.465 e. The monoisotopic (exact) mass is 254 g/mol. The van der Waals surface area contributed by atoms with E-state index in [4.69, 9.17) is 11.6 Å². The van der Waals surface area contributed by atoms with Crippen LogP contribution in [0.2, 0.25) is 0 Å². The molecular weight excluding hydrogens is 240 g/mol. The number of ketones is 1. The molecule has 0 aliphatic carbocycles. The van der Waals surface area contributed by atoms with E-state index in [1.807, 2.05) is 0 Å². The summed E-state index contributed by atoms with van der Waals surface area (Å²) in [6.07, 6.45) is 0. The van der Waals surface area contributed by atoms with Gasteiger partial charge in [0.25, 0.3) is 0 Å². The SMILES string of the molecule is COC(=O)c1ccc(C(=O)C(C)(C)CCl)cc1. The highest BCUT2D eigenvalue weighted by Crippen LogP contribution is 2.23. The molecule has 0 aliphatic heterocycles. The fourth-order valence-corrected chi connectivity index (χ4v) is 1.45. The molecule has 0 N–H and O–H groups in total. The molecule has 0 atom stereocenters. The van der Waals surface area contributed by atoms with Gasteiger partial charge in [-0.15, -0.1) is 11.6 Å². The van der Waals surface area contributed by atoms with Gasteiger partial charge in [-0.05, 0) is 12.1 Å². The van der Waals surface area contributed by atoms with E-state index in [0.29, 0.717) is 11.1 Å². The van der Waals surface area contributed by atoms with E-state index < -0.39 is 11.4 Å². The highest BCUT2D eigenvalue weighted by Gasteiger charge is 2.27. The van der Waals surface area contributed by atoms with Crippen molar-refractivity contribution >= 4 is 23.4 Å². The summed E-state index contributed by atoms with van der Waals surface area (Å²) >= 11 is 5.75. The predicted octanol–water partition coefficient (Wildman–Crippen LogP) is 2.92. The van der Waals surface area contributed by atoms with Crippen molar-refractivity contribution in [1.82, 2.24) is 0 Å². The van der Waals surface area contributed by atoms with Crippen LogP contribution in [-0.2, 0) is 4.74 Å². The number of esters is 1. The van der Waals surface area contributed by atoms with E-state index in [2.05, 4.69) is 4.74 Å². The van der Waals surface area contributed by atoms with Crippen molar-refractivity contribution in [2.75, 3.05) is 13.0 Å². The van der Waals surface area contributed by atoms with Gasteiger partial charge in [0.1, 0.15) is 0 Å². The lowest BCUT2D eigenvalue weighted by Gasteiger charge is -2.19. The molecule has 0 radical (unpaired) electrons. The van der Waals surface area contributed by atoms with Gasteiger partial charge in [0.05, 0.1) is 12.7 Å². The Hall–Kier alpha value is -1.35. The summed E-state index contributed by atoms with van der Waals surface area (Å²) in [5, 5.41) is 0. The molecule has 3 nitrogen and oxygen atoms in total. The Morgan fingerprint density at radius 3 is 2.06 bits per heavy atom. The molecule has 0 spiro atoms. The van der Waals surface area contributed by atoms with Crippen LogP contribution in [0.25, 0.3) is 0 Å². The maximum atomic E-state index is 12.0. The number of Topliss-reactive ketones (excluding diaryl/α,β-unsaturated/α-hetero) is 1. The van der Waals surface area contributed by atoms with Gasteiger partial charge in [0.2, 0.25) is 0 Å². The fraction of sp³-hybridized carbons (Fsp3) is 0.385. The molecule has 0 saturated heterocycles. The van der Waals surface area contributed by atoms with Gasteiger partial charge in [-0.2, -0.15) is 0 Å². The van der Waals surface area contributed by atoms with Crippen LogP contribution in [0.1, 0.15) is 34.6 Å². The lowest BCUT2D eigenvalue weighted by molar-refractivity contribution is 0.0600. The van der Waals surface area contributed by atoms with Crippen molar-refractivity contribution in [3.63, 3.8) is 0 Å². The normalized spacial score (nSPS) is 11.1. The van der Waals surface area contributed by atoms with Gasteiger partial charge in [0.15, 0.2) is 5.78 Å². The van der Waals surface area contributed by atoms with Crippen LogP contribution >= 0.6 is 11.6 Å². The van der Waals surface area contributed by atoms with Crippen LogP contribution in [0, 0.1) is 5.41 Å². The second-order valence-corrected chi connectivity index (χ2v) is 4.68.